The molecule has 0 bridgehead atoms. The molecule has 0 radical (unpaired) electrons. The molecule has 2 heteroatoms. The van der Waals surface area contributed by atoms with E-state index in [1.165, 1.54) is 6.42 Å². The van der Waals surface area contributed by atoms with E-state index in [2.05, 4.69) is 6.92 Å². The Hall–Kier alpha value is -0.660. The summed E-state index contributed by atoms with van der Waals surface area (Å²) in [6.45, 7) is 6.30. The van der Waals surface area contributed by atoms with Crippen LogP contribution in [-0.2, 0) is 9.59 Å². The average Bonchev–Trinajstić information content (AvgIpc) is 2.67. The highest BCUT2D eigenvalue weighted by Crippen LogP contribution is 2.68. The van der Waals surface area contributed by atoms with Gasteiger partial charge in [-0.1, -0.05) is 20.8 Å². The average molecular weight is 220 g/mol. The fraction of sp³-hybridized carbons (Fsp3) is 0.857. The molecule has 0 amide bonds. The summed E-state index contributed by atoms with van der Waals surface area (Å²) in [5, 5.41) is 0. The van der Waals surface area contributed by atoms with E-state index < -0.39 is 0 Å². The van der Waals surface area contributed by atoms with Gasteiger partial charge in [-0.25, -0.2) is 0 Å². The Morgan fingerprint density at radius 2 is 1.88 bits per heavy atom. The van der Waals surface area contributed by atoms with Crippen molar-refractivity contribution in [3.05, 3.63) is 0 Å². The highest BCUT2D eigenvalue weighted by molar-refractivity contribution is 6.09. The van der Waals surface area contributed by atoms with E-state index in [0.717, 1.165) is 12.8 Å². The van der Waals surface area contributed by atoms with Crippen molar-refractivity contribution in [3.63, 3.8) is 0 Å². The lowest BCUT2D eigenvalue weighted by Crippen LogP contribution is -2.33. The molecule has 2 nitrogen and oxygen atoms in total. The van der Waals surface area contributed by atoms with Crippen LogP contribution in [-0.4, -0.2) is 11.6 Å². The summed E-state index contributed by atoms with van der Waals surface area (Å²) in [5.41, 5.74) is -0.213. The molecule has 0 heterocycles. The van der Waals surface area contributed by atoms with Gasteiger partial charge in [0.15, 0.2) is 0 Å². The number of ketones is 2. The molecule has 4 atom stereocenters. The van der Waals surface area contributed by atoms with Crippen LogP contribution < -0.4 is 0 Å². The Balaban J connectivity index is 2.14. The summed E-state index contributed by atoms with van der Waals surface area (Å²) in [4.78, 5) is 24.5. The predicted octanol–water partition coefficient (Wildman–Crippen LogP) is 2.61. The first kappa shape index (κ1) is 10.5. The molecule has 0 unspecified atom stereocenters. The molecule has 3 rings (SSSR count). The second-order valence-electron chi connectivity index (χ2n) is 6.82. The predicted molar refractivity (Wildman–Crippen MR) is 60.8 cm³/mol. The first-order valence-corrected chi connectivity index (χ1v) is 6.46. The molecule has 1 spiro atoms. The number of rotatable bonds is 0. The minimum absolute atomic E-state index is 0.0532. The van der Waals surface area contributed by atoms with Gasteiger partial charge in [0.25, 0.3) is 0 Å². The molecule has 0 aromatic carbocycles. The first-order chi connectivity index (χ1) is 7.39. The van der Waals surface area contributed by atoms with E-state index in [0.29, 0.717) is 18.3 Å². The zero-order chi connectivity index (χ0) is 11.7. The summed E-state index contributed by atoms with van der Waals surface area (Å²) in [6, 6.07) is 0. The van der Waals surface area contributed by atoms with E-state index in [-0.39, 0.29) is 28.3 Å². The highest BCUT2D eigenvalue weighted by atomic mass is 16.2. The molecule has 3 saturated carbocycles. The van der Waals surface area contributed by atoms with Crippen LogP contribution in [0.1, 0.15) is 46.5 Å². The van der Waals surface area contributed by atoms with Crippen molar-refractivity contribution in [2.75, 3.05) is 0 Å². The summed E-state index contributed by atoms with van der Waals surface area (Å²) in [7, 11) is 0. The molecular weight excluding hydrogens is 200 g/mol. The van der Waals surface area contributed by atoms with Crippen LogP contribution in [0.5, 0.6) is 0 Å². The van der Waals surface area contributed by atoms with Gasteiger partial charge in [-0.2, -0.15) is 0 Å². The lowest BCUT2D eigenvalue weighted by atomic mass is 9.69. The van der Waals surface area contributed by atoms with Crippen LogP contribution in [0.25, 0.3) is 0 Å². The number of hydrogen-bond donors (Lipinski definition) is 0. The van der Waals surface area contributed by atoms with Gasteiger partial charge in [0.05, 0.1) is 5.92 Å². The largest absolute Gasteiger partial charge is 0.299 e. The molecule has 88 valence electrons. The van der Waals surface area contributed by atoms with E-state index in [9.17, 15) is 9.59 Å². The molecule has 3 aliphatic rings. The highest BCUT2D eigenvalue weighted by Gasteiger charge is 2.69. The maximum atomic E-state index is 12.4. The molecule has 16 heavy (non-hydrogen) atoms. The van der Waals surface area contributed by atoms with Crippen molar-refractivity contribution < 1.29 is 9.59 Å². The first-order valence-electron chi connectivity index (χ1n) is 6.46. The number of Topliss-reactive ketones (excluding diaryl/α,β-unsaturated/α-hetero) is 2. The van der Waals surface area contributed by atoms with E-state index >= 15 is 0 Å². The van der Waals surface area contributed by atoms with Crippen LogP contribution >= 0.6 is 0 Å². The van der Waals surface area contributed by atoms with Gasteiger partial charge in [0.1, 0.15) is 11.6 Å². The summed E-state index contributed by atoms with van der Waals surface area (Å²) in [6.07, 6.45) is 3.99. The zero-order valence-electron chi connectivity index (χ0n) is 10.4. The lowest BCUT2D eigenvalue weighted by Gasteiger charge is -2.33. The second kappa shape index (κ2) is 2.77. The maximum Gasteiger partial charge on any atom is 0.149 e. The van der Waals surface area contributed by atoms with Crippen LogP contribution in [0.15, 0.2) is 0 Å². The van der Waals surface area contributed by atoms with Crippen molar-refractivity contribution in [3.8, 4) is 0 Å². The molecule has 0 N–H and O–H groups in total. The molecule has 0 aromatic rings. The topological polar surface area (TPSA) is 34.1 Å². The molecule has 0 aromatic heterocycles. The minimum atomic E-state index is -0.266. The van der Waals surface area contributed by atoms with Gasteiger partial charge in [-0.05, 0) is 36.5 Å². The third-order valence-corrected chi connectivity index (χ3v) is 5.61. The number of carbonyl (C=O) groups excluding carboxylic acids is 2. The van der Waals surface area contributed by atoms with E-state index in [1.54, 1.807) is 0 Å². The molecule has 3 fully saturated rings. The fourth-order valence-corrected chi connectivity index (χ4v) is 4.92. The fourth-order valence-electron chi connectivity index (χ4n) is 4.92. The Kier molecular flexibility index (Phi) is 1.82. The van der Waals surface area contributed by atoms with Crippen LogP contribution in [0.2, 0.25) is 0 Å². The quantitative estimate of drug-likeness (QED) is 0.588. The van der Waals surface area contributed by atoms with Crippen LogP contribution in [0, 0.1) is 28.6 Å². The Morgan fingerprint density at radius 3 is 2.56 bits per heavy atom. The van der Waals surface area contributed by atoms with Gasteiger partial charge in [0, 0.05) is 11.8 Å². The third kappa shape index (κ3) is 0.946. The van der Waals surface area contributed by atoms with Crippen molar-refractivity contribution in [1.82, 2.24) is 0 Å². The van der Waals surface area contributed by atoms with Gasteiger partial charge in [-0.3, -0.25) is 9.59 Å². The summed E-state index contributed by atoms with van der Waals surface area (Å²) in [5.74, 6) is 1.29. The van der Waals surface area contributed by atoms with Crippen LogP contribution in [0.4, 0.5) is 0 Å². The monoisotopic (exact) mass is 220 g/mol. The van der Waals surface area contributed by atoms with Crippen LogP contribution in [0.3, 0.4) is 0 Å². The smallest absolute Gasteiger partial charge is 0.149 e. The summed E-state index contributed by atoms with van der Waals surface area (Å²) < 4.78 is 0. The van der Waals surface area contributed by atoms with E-state index in [4.69, 9.17) is 0 Å². The van der Waals surface area contributed by atoms with E-state index in [1.807, 2.05) is 13.8 Å². The normalized spacial score (nSPS) is 49.6. The molecule has 0 saturated heterocycles. The SMILES string of the molecule is C[C@@H]1CC[C@H]2CC(=O)[C@@H]3C(=O)C(C)(C)C[C@]231. The third-order valence-electron chi connectivity index (χ3n) is 5.61. The standard InChI is InChI=1S/C14H20O2/c1-8-4-5-9-6-10(15)11-12(16)13(2,3)7-14(8,9)11/h8-9,11H,4-7H2,1-3H3/t8-,9+,11-,14+/m1/s1. The van der Waals surface area contributed by atoms with Crippen molar-refractivity contribution in [2.45, 2.75) is 46.5 Å². The van der Waals surface area contributed by atoms with Gasteiger partial charge < -0.3 is 0 Å². The Bertz CT molecular complexity index is 382. The Labute approximate surface area is 96.8 Å². The lowest BCUT2D eigenvalue weighted by molar-refractivity contribution is -0.134. The molecule has 0 aliphatic heterocycles. The Morgan fingerprint density at radius 1 is 1.19 bits per heavy atom. The number of hydrogen-bond acceptors (Lipinski definition) is 2. The molecule has 3 aliphatic carbocycles. The van der Waals surface area contributed by atoms with Crippen molar-refractivity contribution in [1.29, 1.82) is 0 Å². The summed E-state index contributed by atoms with van der Waals surface area (Å²) >= 11 is 0. The van der Waals surface area contributed by atoms with Crippen molar-refractivity contribution in [2.24, 2.45) is 28.6 Å². The van der Waals surface area contributed by atoms with Gasteiger partial charge in [-0.15, -0.1) is 0 Å². The molecular formula is C14H20O2. The van der Waals surface area contributed by atoms with Crippen molar-refractivity contribution >= 4 is 11.6 Å². The van der Waals surface area contributed by atoms with Gasteiger partial charge in [0.2, 0.25) is 0 Å². The van der Waals surface area contributed by atoms with Gasteiger partial charge >= 0.3 is 0 Å². The number of carbonyl (C=O) groups is 2. The second-order valence-corrected chi connectivity index (χ2v) is 6.82. The zero-order valence-corrected chi connectivity index (χ0v) is 10.4. The maximum absolute atomic E-state index is 12.4. The minimum Gasteiger partial charge on any atom is -0.299 e.